The zero-order chi connectivity index (χ0) is 20.1. The Kier molecular flexibility index (Phi) is 6.17. The number of aryl methyl sites for hydroxylation is 1. The summed E-state index contributed by atoms with van der Waals surface area (Å²) < 4.78 is 13.2. The van der Waals surface area contributed by atoms with Gasteiger partial charge in [-0.15, -0.1) is 0 Å². The Hall–Kier alpha value is -3.04. The summed E-state index contributed by atoms with van der Waals surface area (Å²) in [7, 11) is 1.54. The second kappa shape index (κ2) is 8.77. The standard InChI is InChI=1S/C22H25N3O3/c1-15-11-17(16(2)25(15)14-19-7-6-10-28-19)12-18(13-23)22(26)24-20-8-4-5-9-21(20)27-3/h4-5,8-9,11-12,19H,6-7,10,14H2,1-3H3,(H,24,26)/b18-12+. The molecule has 6 nitrogen and oxygen atoms in total. The first kappa shape index (κ1) is 19.7. The van der Waals surface area contributed by atoms with E-state index in [1.54, 1.807) is 24.3 Å². The molecule has 0 radical (unpaired) electrons. The second-order valence-corrected chi connectivity index (χ2v) is 6.90. The lowest BCUT2D eigenvalue weighted by molar-refractivity contribution is -0.112. The van der Waals surface area contributed by atoms with Gasteiger partial charge in [-0.25, -0.2) is 0 Å². The Balaban J connectivity index is 1.82. The van der Waals surface area contributed by atoms with Crippen molar-refractivity contribution < 1.29 is 14.3 Å². The van der Waals surface area contributed by atoms with Crippen molar-refractivity contribution in [2.45, 2.75) is 39.3 Å². The third kappa shape index (κ3) is 4.26. The van der Waals surface area contributed by atoms with E-state index in [1.807, 2.05) is 32.0 Å². The van der Waals surface area contributed by atoms with Crippen molar-refractivity contribution in [1.29, 1.82) is 5.26 Å². The highest BCUT2D eigenvalue weighted by atomic mass is 16.5. The molecular formula is C22H25N3O3. The van der Waals surface area contributed by atoms with E-state index >= 15 is 0 Å². The summed E-state index contributed by atoms with van der Waals surface area (Å²) in [5.74, 6) is 0.0822. The van der Waals surface area contributed by atoms with E-state index in [-0.39, 0.29) is 11.7 Å². The maximum atomic E-state index is 12.6. The number of nitrogens with one attached hydrogen (secondary N) is 1. The number of carbonyl (C=O) groups is 1. The summed E-state index contributed by atoms with van der Waals surface area (Å²) in [5.41, 5.74) is 3.54. The number of carbonyl (C=O) groups excluding carboxylic acids is 1. The molecule has 0 spiro atoms. The maximum Gasteiger partial charge on any atom is 0.266 e. The Morgan fingerprint density at radius 3 is 2.89 bits per heavy atom. The summed E-state index contributed by atoms with van der Waals surface area (Å²) in [6.45, 7) is 5.64. The first-order valence-corrected chi connectivity index (χ1v) is 9.38. The molecule has 3 rings (SSSR count). The average Bonchev–Trinajstić information content (AvgIpc) is 3.30. The monoisotopic (exact) mass is 379 g/mol. The van der Waals surface area contributed by atoms with Crippen molar-refractivity contribution in [3.8, 4) is 11.8 Å². The molecule has 1 fully saturated rings. The zero-order valence-corrected chi connectivity index (χ0v) is 16.5. The SMILES string of the molecule is COc1ccccc1NC(=O)/C(C#N)=C/c1cc(C)n(CC2CCCO2)c1C. The first-order chi connectivity index (χ1) is 13.5. The average molecular weight is 379 g/mol. The normalized spacial score (nSPS) is 16.6. The Labute approximate surface area is 165 Å². The molecule has 1 N–H and O–H groups in total. The van der Waals surface area contributed by atoms with Gasteiger partial charge in [0.05, 0.1) is 18.9 Å². The third-order valence-electron chi connectivity index (χ3n) is 5.04. The number of amides is 1. The molecule has 28 heavy (non-hydrogen) atoms. The summed E-state index contributed by atoms with van der Waals surface area (Å²) in [4.78, 5) is 12.6. The van der Waals surface area contributed by atoms with Gasteiger partial charge in [-0.3, -0.25) is 4.79 Å². The quantitative estimate of drug-likeness (QED) is 0.611. The number of anilines is 1. The van der Waals surface area contributed by atoms with Gasteiger partial charge in [0, 0.05) is 24.5 Å². The van der Waals surface area contributed by atoms with E-state index in [0.29, 0.717) is 11.4 Å². The summed E-state index contributed by atoms with van der Waals surface area (Å²) >= 11 is 0. The number of hydrogen-bond acceptors (Lipinski definition) is 4. The molecule has 0 bridgehead atoms. The third-order valence-corrected chi connectivity index (χ3v) is 5.04. The number of nitrogens with zero attached hydrogens (tertiary/aromatic N) is 2. The van der Waals surface area contributed by atoms with Crippen LogP contribution in [0.3, 0.4) is 0 Å². The number of ether oxygens (including phenoxy) is 2. The van der Waals surface area contributed by atoms with Crippen LogP contribution in [0.5, 0.6) is 5.75 Å². The topological polar surface area (TPSA) is 76.3 Å². The highest BCUT2D eigenvalue weighted by molar-refractivity contribution is 6.10. The minimum atomic E-state index is -0.462. The summed E-state index contributed by atoms with van der Waals surface area (Å²) in [5, 5.41) is 12.3. The molecular weight excluding hydrogens is 354 g/mol. The molecule has 1 amide bonds. The zero-order valence-electron chi connectivity index (χ0n) is 16.5. The molecule has 1 aliphatic rings. The number of aromatic nitrogens is 1. The van der Waals surface area contributed by atoms with Crippen molar-refractivity contribution in [3.05, 3.63) is 52.9 Å². The fourth-order valence-corrected chi connectivity index (χ4v) is 3.49. The van der Waals surface area contributed by atoms with Crippen LogP contribution >= 0.6 is 0 Å². The highest BCUT2D eigenvalue weighted by Crippen LogP contribution is 2.25. The number of para-hydroxylation sites is 2. The molecule has 1 aliphatic heterocycles. The molecule has 1 aromatic heterocycles. The largest absolute Gasteiger partial charge is 0.495 e. The van der Waals surface area contributed by atoms with Gasteiger partial charge in [0.1, 0.15) is 17.4 Å². The van der Waals surface area contributed by atoms with E-state index in [1.165, 1.54) is 7.11 Å². The van der Waals surface area contributed by atoms with Crippen LogP contribution < -0.4 is 10.1 Å². The lowest BCUT2D eigenvalue weighted by atomic mass is 10.1. The predicted octanol–water partition coefficient (Wildman–Crippen LogP) is 3.84. The predicted molar refractivity (Wildman–Crippen MR) is 108 cm³/mol. The molecule has 1 atom stereocenters. The van der Waals surface area contributed by atoms with Gasteiger partial charge in [0.15, 0.2) is 0 Å². The van der Waals surface area contributed by atoms with Crippen LogP contribution in [-0.2, 0) is 16.1 Å². The van der Waals surface area contributed by atoms with Gasteiger partial charge in [-0.1, -0.05) is 12.1 Å². The van der Waals surface area contributed by atoms with E-state index < -0.39 is 5.91 Å². The molecule has 0 saturated carbocycles. The van der Waals surface area contributed by atoms with Gasteiger partial charge in [-0.2, -0.15) is 5.26 Å². The van der Waals surface area contributed by atoms with Crippen molar-refractivity contribution >= 4 is 17.7 Å². The summed E-state index contributed by atoms with van der Waals surface area (Å²) in [6.07, 6.45) is 4.02. The minimum Gasteiger partial charge on any atom is -0.495 e. The van der Waals surface area contributed by atoms with Crippen LogP contribution in [0.1, 0.15) is 29.8 Å². The number of rotatable bonds is 6. The van der Waals surface area contributed by atoms with Gasteiger partial charge in [0.25, 0.3) is 5.91 Å². The maximum absolute atomic E-state index is 12.6. The van der Waals surface area contributed by atoms with Crippen LogP contribution in [-0.4, -0.2) is 30.3 Å². The second-order valence-electron chi connectivity index (χ2n) is 6.90. The number of nitriles is 1. The van der Waals surface area contributed by atoms with Crippen LogP contribution in [0.4, 0.5) is 5.69 Å². The molecule has 1 saturated heterocycles. The van der Waals surface area contributed by atoms with Crippen molar-refractivity contribution in [3.63, 3.8) is 0 Å². The number of hydrogen-bond donors (Lipinski definition) is 1. The smallest absolute Gasteiger partial charge is 0.266 e. The van der Waals surface area contributed by atoms with Crippen molar-refractivity contribution in [2.75, 3.05) is 19.0 Å². The van der Waals surface area contributed by atoms with E-state index in [4.69, 9.17) is 9.47 Å². The number of benzene rings is 1. The molecule has 2 aromatic rings. The summed E-state index contributed by atoms with van der Waals surface area (Å²) in [6, 6.07) is 11.1. The van der Waals surface area contributed by atoms with E-state index in [9.17, 15) is 10.1 Å². The van der Waals surface area contributed by atoms with Gasteiger partial charge in [0.2, 0.25) is 0 Å². The van der Waals surface area contributed by atoms with Crippen molar-refractivity contribution in [2.24, 2.45) is 0 Å². The van der Waals surface area contributed by atoms with Crippen LogP contribution in [0.15, 0.2) is 35.9 Å². The molecule has 1 aromatic carbocycles. The van der Waals surface area contributed by atoms with Crippen LogP contribution in [0, 0.1) is 25.2 Å². The molecule has 6 heteroatoms. The fraction of sp³-hybridized carbons (Fsp3) is 0.364. The van der Waals surface area contributed by atoms with Crippen LogP contribution in [0.25, 0.3) is 6.08 Å². The van der Waals surface area contributed by atoms with Gasteiger partial charge >= 0.3 is 0 Å². The molecule has 1 unspecified atom stereocenters. The molecule has 0 aliphatic carbocycles. The first-order valence-electron chi connectivity index (χ1n) is 9.38. The van der Waals surface area contributed by atoms with E-state index in [2.05, 4.69) is 9.88 Å². The fourth-order valence-electron chi connectivity index (χ4n) is 3.49. The van der Waals surface area contributed by atoms with Gasteiger partial charge in [-0.05, 0) is 56.5 Å². The highest BCUT2D eigenvalue weighted by Gasteiger charge is 2.19. The molecule has 2 heterocycles. The molecule has 146 valence electrons. The minimum absolute atomic E-state index is 0.0447. The van der Waals surface area contributed by atoms with Crippen molar-refractivity contribution in [1.82, 2.24) is 4.57 Å². The van der Waals surface area contributed by atoms with Crippen LogP contribution in [0.2, 0.25) is 0 Å². The Bertz CT molecular complexity index is 931. The van der Waals surface area contributed by atoms with Gasteiger partial charge < -0.3 is 19.4 Å². The lowest BCUT2D eigenvalue weighted by Crippen LogP contribution is -2.17. The lowest BCUT2D eigenvalue weighted by Gasteiger charge is -2.14. The van der Waals surface area contributed by atoms with E-state index in [0.717, 1.165) is 42.9 Å². The number of methoxy groups -OCH3 is 1. The Morgan fingerprint density at radius 1 is 1.43 bits per heavy atom. The Morgan fingerprint density at radius 2 is 2.21 bits per heavy atom.